The number of benzene rings is 1. The van der Waals surface area contributed by atoms with Gasteiger partial charge in [-0.1, -0.05) is 22.0 Å². The van der Waals surface area contributed by atoms with Crippen LogP contribution < -0.4 is 10.2 Å². The summed E-state index contributed by atoms with van der Waals surface area (Å²) in [5.41, 5.74) is 3.48. The van der Waals surface area contributed by atoms with Crippen LogP contribution in [0.2, 0.25) is 0 Å². The quantitative estimate of drug-likeness (QED) is 0.886. The maximum Gasteiger partial charge on any atom is 0.130 e. The lowest BCUT2D eigenvalue weighted by atomic mass is 10.1. The van der Waals surface area contributed by atoms with E-state index in [4.69, 9.17) is 4.74 Å². The van der Waals surface area contributed by atoms with Gasteiger partial charge in [0, 0.05) is 41.6 Å². The molecule has 0 aliphatic carbocycles. The number of hydrogen-bond acceptors (Lipinski definition) is 5. The number of nitrogens with zero attached hydrogens (tertiary/aromatic N) is 3. The van der Waals surface area contributed by atoms with Crippen molar-refractivity contribution in [3.63, 3.8) is 0 Å². The van der Waals surface area contributed by atoms with Crippen LogP contribution in [0.1, 0.15) is 17.1 Å². The molecule has 0 saturated carbocycles. The molecule has 0 amide bonds. The summed E-state index contributed by atoms with van der Waals surface area (Å²) in [6.45, 7) is 8.04. The molecule has 0 unspecified atom stereocenters. The van der Waals surface area contributed by atoms with Crippen molar-refractivity contribution in [2.24, 2.45) is 0 Å². The summed E-state index contributed by atoms with van der Waals surface area (Å²) in [5.74, 6) is 1.66. The molecule has 0 spiro atoms. The first-order valence-electron chi connectivity index (χ1n) is 7.79. The van der Waals surface area contributed by atoms with Crippen LogP contribution in [0, 0.1) is 13.8 Å². The molecule has 1 aromatic carbocycles. The molecule has 0 radical (unpaired) electrons. The molecule has 2 aromatic rings. The first-order chi connectivity index (χ1) is 11.1. The predicted octanol–water partition coefficient (Wildman–Crippen LogP) is 3.30. The number of hydrogen-bond donors (Lipinski definition) is 1. The van der Waals surface area contributed by atoms with Gasteiger partial charge in [-0.15, -0.1) is 0 Å². The average Bonchev–Trinajstić information content (AvgIpc) is 2.53. The van der Waals surface area contributed by atoms with E-state index < -0.39 is 0 Å². The zero-order valence-electron chi connectivity index (χ0n) is 13.5. The summed E-state index contributed by atoms with van der Waals surface area (Å²) in [4.78, 5) is 11.1. The summed E-state index contributed by atoms with van der Waals surface area (Å²) >= 11 is 3.58. The van der Waals surface area contributed by atoms with Crippen LogP contribution in [-0.4, -0.2) is 36.3 Å². The second-order valence-corrected chi connectivity index (χ2v) is 6.58. The molecule has 0 bridgehead atoms. The van der Waals surface area contributed by atoms with Crippen molar-refractivity contribution in [2.45, 2.75) is 20.4 Å². The normalized spacial score (nSPS) is 14.8. The zero-order valence-corrected chi connectivity index (χ0v) is 15.1. The zero-order chi connectivity index (χ0) is 16.2. The van der Waals surface area contributed by atoms with Crippen molar-refractivity contribution in [1.29, 1.82) is 0 Å². The van der Waals surface area contributed by atoms with Gasteiger partial charge in [-0.3, -0.25) is 0 Å². The van der Waals surface area contributed by atoms with Crippen LogP contribution in [0.5, 0.6) is 0 Å². The molecule has 1 aliphatic heterocycles. The molecule has 2 heterocycles. The van der Waals surface area contributed by atoms with E-state index in [1.807, 2.05) is 19.9 Å². The highest BCUT2D eigenvalue weighted by atomic mass is 79.9. The van der Waals surface area contributed by atoms with E-state index in [0.717, 1.165) is 54.7 Å². The third kappa shape index (κ3) is 4.20. The monoisotopic (exact) mass is 376 g/mol. The minimum absolute atomic E-state index is 0.732. The SMILES string of the molecule is Cc1cc(NCc2ccc(Br)cc2N2CCOCC2)nc(C)n1. The second kappa shape index (κ2) is 7.27. The molecule has 3 rings (SSSR count). The Hall–Kier alpha value is -1.66. The summed E-state index contributed by atoms with van der Waals surface area (Å²) in [7, 11) is 0. The minimum atomic E-state index is 0.732. The van der Waals surface area contributed by atoms with Gasteiger partial charge in [0.15, 0.2) is 0 Å². The van der Waals surface area contributed by atoms with E-state index in [9.17, 15) is 0 Å². The molecular weight excluding hydrogens is 356 g/mol. The highest BCUT2D eigenvalue weighted by Crippen LogP contribution is 2.26. The minimum Gasteiger partial charge on any atom is -0.378 e. The fraction of sp³-hybridized carbons (Fsp3) is 0.412. The van der Waals surface area contributed by atoms with Gasteiger partial charge in [0.2, 0.25) is 0 Å². The number of aromatic nitrogens is 2. The molecule has 1 aliphatic rings. The third-order valence-electron chi connectivity index (χ3n) is 3.83. The van der Waals surface area contributed by atoms with E-state index in [2.05, 4.69) is 54.3 Å². The van der Waals surface area contributed by atoms with Gasteiger partial charge in [0.25, 0.3) is 0 Å². The van der Waals surface area contributed by atoms with Gasteiger partial charge in [0.1, 0.15) is 11.6 Å². The number of morpholine rings is 1. The fourth-order valence-corrected chi connectivity index (χ4v) is 3.13. The smallest absolute Gasteiger partial charge is 0.130 e. The largest absolute Gasteiger partial charge is 0.378 e. The molecule has 1 N–H and O–H groups in total. The first-order valence-corrected chi connectivity index (χ1v) is 8.58. The molecule has 1 aromatic heterocycles. The first kappa shape index (κ1) is 16.2. The number of halogens is 1. The van der Waals surface area contributed by atoms with E-state index in [-0.39, 0.29) is 0 Å². The summed E-state index contributed by atoms with van der Waals surface area (Å²) < 4.78 is 6.55. The lowest BCUT2D eigenvalue weighted by molar-refractivity contribution is 0.122. The van der Waals surface area contributed by atoms with Gasteiger partial charge in [-0.05, 0) is 31.5 Å². The Morgan fingerprint density at radius 2 is 1.96 bits per heavy atom. The molecule has 6 heteroatoms. The Balaban J connectivity index is 1.79. The Labute approximate surface area is 145 Å². The lowest BCUT2D eigenvalue weighted by Gasteiger charge is -2.31. The van der Waals surface area contributed by atoms with E-state index in [1.165, 1.54) is 11.3 Å². The highest BCUT2D eigenvalue weighted by molar-refractivity contribution is 9.10. The highest BCUT2D eigenvalue weighted by Gasteiger charge is 2.15. The van der Waals surface area contributed by atoms with Crippen LogP contribution in [0.3, 0.4) is 0 Å². The number of nitrogens with one attached hydrogen (secondary N) is 1. The van der Waals surface area contributed by atoms with Gasteiger partial charge >= 0.3 is 0 Å². The van der Waals surface area contributed by atoms with E-state index in [1.54, 1.807) is 0 Å². The lowest BCUT2D eigenvalue weighted by Crippen LogP contribution is -2.36. The topological polar surface area (TPSA) is 50.3 Å². The van der Waals surface area contributed by atoms with Crippen LogP contribution in [0.25, 0.3) is 0 Å². The van der Waals surface area contributed by atoms with Crippen molar-refractivity contribution < 1.29 is 4.74 Å². The summed E-state index contributed by atoms with van der Waals surface area (Å²) in [6, 6.07) is 8.39. The van der Waals surface area contributed by atoms with Gasteiger partial charge < -0.3 is 15.0 Å². The predicted molar refractivity (Wildman–Crippen MR) is 96.0 cm³/mol. The van der Waals surface area contributed by atoms with Crippen LogP contribution in [0.15, 0.2) is 28.7 Å². The van der Waals surface area contributed by atoms with Gasteiger partial charge in [-0.25, -0.2) is 9.97 Å². The van der Waals surface area contributed by atoms with Crippen molar-refractivity contribution >= 4 is 27.4 Å². The van der Waals surface area contributed by atoms with Gasteiger partial charge in [-0.2, -0.15) is 0 Å². The second-order valence-electron chi connectivity index (χ2n) is 5.67. The Kier molecular flexibility index (Phi) is 5.13. The number of rotatable bonds is 4. The Bertz CT molecular complexity index is 666. The molecule has 122 valence electrons. The van der Waals surface area contributed by atoms with Gasteiger partial charge in [0.05, 0.1) is 13.2 Å². The van der Waals surface area contributed by atoms with Crippen molar-refractivity contribution in [1.82, 2.24) is 9.97 Å². The molecule has 5 nitrogen and oxygen atoms in total. The van der Waals surface area contributed by atoms with E-state index in [0.29, 0.717) is 0 Å². The molecule has 1 saturated heterocycles. The molecule has 1 fully saturated rings. The van der Waals surface area contributed by atoms with Crippen LogP contribution >= 0.6 is 15.9 Å². The molecular formula is C17H21BrN4O. The van der Waals surface area contributed by atoms with Crippen molar-refractivity contribution in [3.8, 4) is 0 Å². The van der Waals surface area contributed by atoms with Crippen molar-refractivity contribution in [2.75, 3.05) is 36.5 Å². The summed E-state index contributed by atoms with van der Waals surface area (Å²) in [6.07, 6.45) is 0. The molecule has 0 atom stereocenters. The maximum atomic E-state index is 5.46. The van der Waals surface area contributed by atoms with Crippen LogP contribution in [-0.2, 0) is 11.3 Å². The third-order valence-corrected chi connectivity index (χ3v) is 4.32. The standard InChI is InChI=1S/C17H21BrN4O/c1-12-9-17(21-13(2)20-12)19-11-14-3-4-15(18)10-16(14)22-5-7-23-8-6-22/h3-4,9-10H,5-8,11H2,1-2H3,(H,19,20,21). The molecule has 23 heavy (non-hydrogen) atoms. The van der Waals surface area contributed by atoms with Crippen molar-refractivity contribution in [3.05, 3.63) is 45.8 Å². The van der Waals surface area contributed by atoms with E-state index >= 15 is 0 Å². The number of anilines is 2. The van der Waals surface area contributed by atoms with Crippen LogP contribution in [0.4, 0.5) is 11.5 Å². The number of ether oxygens (including phenoxy) is 1. The maximum absolute atomic E-state index is 5.46. The summed E-state index contributed by atoms with van der Waals surface area (Å²) in [5, 5.41) is 3.42. The number of aryl methyl sites for hydroxylation is 2. The Morgan fingerprint density at radius 1 is 1.17 bits per heavy atom. The fourth-order valence-electron chi connectivity index (χ4n) is 2.78. The Morgan fingerprint density at radius 3 is 2.70 bits per heavy atom. The average molecular weight is 377 g/mol.